The van der Waals surface area contributed by atoms with Crippen molar-refractivity contribution < 1.29 is 17.9 Å². The molecule has 0 radical (unpaired) electrons. The van der Waals surface area contributed by atoms with Gasteiger partial charge in [-0.05, 0) is 106 Å². The number of fused-ring (bicyclic) bond motifs is 1. The molecule has 0 N–H and O–H groups in total. The molecule has 8 heteroatoms. The third-order valence-corrected chi connectivity index (χ3v) is 13.5. The van der Waals surface area contributed by atoms with Crippen LogP contribution in [-0.2, 0) is 31.3 Å². The number of anilines is 1. The average Bonchev–Trinajstić information content (AvgIpc) is 3.75. The highest BCUT2D eigenvalue weighted by molar-refractivity contribution is 7.92. The quantitative estimate of drug-likeness (QED) is 0.397. The number of nitrogens with zero attached hydrogens (tertiary/aromatic N) is 3. The molecule has 232 valence electrons. The maximum Gasteiger partial charge on any atom is 0.302 e. The Morgan fingerprint density at radius 1 is 0.953 bits per heavy atom. The molecule has 2 aromatic rings. The molecular formula is C35H47N3O4S. The van der Waals surface area contributed by atoms with E-state index in [2.05, 4.69) is 46.0 Å². The number of benzene rings is 2. The minimum atomic E-state index is -3.13. The topological polar surface area (TPSA) is 70.2 Å². The van der Waals surface area contributed by atoms with Crippen LogP contribution < -0.4 is 4.90 Å². The third kappa shape index (κ3) is 5.53. The zero-order valence-electron chi connectivity index (χ0n) is 25.8. The van der Waals surface area contributed by atoms with Crippen LogP contribution in [0.5, 0.6) is 0 Å². The Morgan fingerprint density at radius 3 is 2.37 bits per heavy atom. The van der Waals surface area contributed by atoms with Crippen molar-refractivity contribution in [3.63, 3.8) is 0 Å². The van der Waals surface area contributed by atoms with E-state index < -0.39 is 9.84 Å². The molecule has 2 aliphatic carbocycles. The molecule has 2 saturated heterocycles. The van der Waals surface area contributed by atoms with E-state index in [-0.39, 0.29) is 22.7 Å². The molecule has 0 spiro atoms. The predicted molar refractivity (Wildman–Crippen MR) is 169 cm³/mol. The Labute approximate surface area is 257 Å². The maximum absolute atomic E-state index is 12.5. The molecule has 2 saturated carbocycles. The van der Waals surface area contributed by atoms with Gasteiger partial charge in [0.25, 0.3) is 0 Å². The van der Waals surface area contributed by atoms with E-state index in [9.17, 15) is 13.2 Å². The Bertz CT molecular complexity index is 1430. The second kappa shape index (κ2) is 11.5. The van der Waals surface area contributed by atoms with E-state index in [1.165, 1.54) is 24.0 Å². The van der Waals surface area contributed by atoms with E-state index in [1.54, 1.807) is 19.1 Å². The van der Waals surface area contributed by atoms with Crippen LogP contribution in [0.2, 0.25) is 0 Å². The number of piperidine rings is 1. The highest BCUT2D eigenvalue weighted by Gasteiger charge is 2.55. The van der Waals surface area contributed by atoms with Crippen LogP contribution in [0.3, 0.4) is 0 Å². The first-order valence-corrected chi connectivity index (χ1v) is 18.0. The summed E-state index contributed by atoms with van der Waals surface area (Å²) in [5.74, 6) is 1.43. The zero-order chi connectivity index (χ0) is 29.8. The molecule has 0 aromatic heterocycles. The van der Waals surface area contributed by atoms with Crippen molar-refractivity contribution in [2.24, 2.45) is 17.8 Å². The Balaban J connectivity index is 1.01. The molecule has 0 amide bonds. The van der Waals surface area contributed by atoms with E-state index in [0.29, 0.717) is 22.6 Å². The third-order valence-electron chi connectivity index (χ3n) is 11.2. The van der Waals surface area contributed by atoms with Gasteiger partial charge in [-0.3, -0.25) is 4.79 Å². The summed E-state index contributed by atoms with van der Waals surface area (Å²) in [5, 5.41) is -0.159. The molecule has 43 heavy (non-hydrogen) atoms. The van der Waals surface area contributed by atoms with Gasteiger partial charge in [0.15, 0.2) is 9.84 Å². The fraction of sp³-hybridized carbons (Fsp3) is 0.629. The Kier molecular flexibility index (Phi) is 7.83. The highest BCUT2D eigenvalue weighted by atomic mass is 32.2. The lowest BCUT2D eigenvalue weighted by Gasteiger charge is -2.54. The lowest BCUT2D eigenvalue weighted by molar-refractivity contribution is -0.150. The van der Waals surface area contributed by atoms with Gasteiger partial charge >= 0.3 is 5.97 Å². The van der Waals surface area contributed by atoms with Gasteiger partial charge in [0.05, 0.1) is 10.1 Å². The number of rotatable bonds is 8. The molecule has 2 aromatic carbocycles. The lowest BCUT2D eigenvalue weighted by atomic mass is 9.56. The van der Waals surface area contributed by atoms with Crippen molar-refractivity contribution >= 4 is 21.5 Å². The summed E-state index contributed by atoms with van der Waals surface area (Å²) in [5.41, 5.74) is 4.10. The summed E-state index contributed by atoms with van der Waals surface area (Å²) in [6.07, 6.45) is 7.22. The van der Waals surface area contributed by atoms with Gasteiger partial charge in [-0.1, -0.05) is 24.3 Å². The number of sulfone groups is 1. The summed E-state index contributed by atoms with van der Waals surface area (Å²) in [6, 6.07) is 16.7. The van der Waals surface area contributed by atoms with E-state index in [4.69, 9.17) is 4.74 Å². The monoisotopic (exact) mass is 605 g/mol. The largest absolute Gasteiger partial charge is 0.462 e. The smallest absolute Gasteiger partial charge is 0.302 e. The number of likely N-dealkylation sites (N-methyl/N-ethyl adjacent to an activating group) is 1. The maximum atomic E-state index is 12.5. The zero-order valence-corrected chi connectivity index (χ0v) is 26.6. The van der Waals surface area contributed by atoms with Crippen LogP contribution in [-0.4, -0.2) is 81.9 Å². The van der Waals surface area contributed by atoms with Gasteiger partial charge < -0.3 is 19.4 Å². The molecule has 3 aliphatic heterocycles. The second-order valence-electron chi connectivity index (χ2n) is 14.1. The van der Waals surface area contributed by atoms with Crippen LogP contribution in [0.25, 0.3) is 0 Å². The van der Waals surface area contributed by atoms with Crippen molar-refractivity contribution in [3.8, 4) is 0 Å². The number of ether oxygens (including phenoxy) is 1. The van der Waals surface area contributed by atoms with Crippen LogP contribution in [0.15, 0.2) is 53.4 Å². The van der Waals surface area contributed by atoms with Gasteiger partial charge in [-0.25, -0.2) is 8.42 Å². The molecule has 4 fully saturated rings. The summed E-state index contributed by atoms with van der Waals surface area (Å²) >= 11 is 0. The first kappa shape index (κ1) is 29.3. The number of carbonyl (C=O) groups excluding carboxylic acids is 1. The van der Waals surface area contributed by atoms with Gasteiger partial charge in [0, 0.05) is 62.6 Å². The lowest BCUT2D eigenvalue weighted by Crippen LogP contribution is -2.58. The average molecular weight is 606 g/mol. The number of hydrogen-bond donors (Lipinski definition) is 0. The van der Waals surface area contributed by atoms with Gasteiger partial charge in [-0.2, -0.15) is 0 Å². The first-order chi connectivity index (χ1) is 20.7. The molecular weight excluding hydrogens is 558 g/mol. The normalized spacial score (nSPS) is 29.3. The summed E-state index contributed by atoms with van der Waals surface area (Å²) in [6.45, 7) is 9.01. The van der Waals surface area contributed by atoms with Gasteiger partial charge in [0.2, 0.25) is 0 Å². The van der Waals surface area contributed by atoms with Crippen LogP contribution in [0.4, 0.5) is 5.69 Å². The minimum Gasteiger partial charge on any atom is -0.462 e. The summed E-state index contributed by atoms with van der Waals surface area (Å²) in [7, 11) is -0.866. The van der Waals surface area contributed by atoms with Crippen LogP contribution in [0.1, 0.15) is 63.0 Å². The van der Waals surface area contributed by atoms with Crippen LogP contribution in [0, 0.1) is 17.8 Å². The van der Waals surface area contributed by atoms with E-state index >= 15 is 0 Å². The molecule has 3 atom stereocenters. The minimum absolute atomic E-state index is 0.0126. The predicted octanol–water partition coefficient (Wildman–Crippen LogP) is 4.89. The van der Waals surface area contributed by atoms with Crippen molar-refractivity contribution in [2.75, 3.05) is 51.2 Å². The highest BCUT2D eigenvalue weighted by Crippen LogP contribution is 2.54. The van der Waals surface area contributed by atoms with Crippen molar-refractivity contribution in [1.29, 1.82) is 0 Å². The Hall–Kier alpha value is -2.42. The summed E-state index contributed by atoms with van der Waals surface area (Å²) in [4.78, 5) is 20.2. The molecule has 0 bridgehead atoms. The van der Waals surface area contributed by atoms with Gasteiger partial charge in [-0.15, -0.1) is 0 Å². The molecule has 7 rings (SSSR count). The molecule has 5 aliphatic rings. The van der Waals surface area contributed by atoms with E-state index in [1.807, 2.05) is 12.1 Å². The number of hydrogen-bond acceptors (Lipinski definition) is 7. The number of likely N-dealkylation sites (tertiary alicyclic amines) is 1. The van der Waals surface area contributed by atoms with Crippen molar-refractivity contribution in [1.82, 2.24) is 9.80 Å². The molecule has 1 unspecified atom stereocenters. The molecule has 7 nitrogen and oxygen atoms in total. The Morgan fingerprint density at radius 2 is 1.67 bits per heavy atom. The van der Waals surface area contributed by atoms with Crippen molar-refractivity contribution in [2.45, 2.75) is 80.1 Å². The molecule has 3 heterocycles. The fourth-order valence-corrected chi connectivity index (χ4v) is 10.8. The summed E-state index contributed by atoms with van der Waals surface area (Å²) < 4.78 is 31.1. The standard InChI is InChI=1S/C35H47N3O4S/c1-25(39)42-34-9-5-8-33(34)35(24-36(2)23-27-6-3-4-7-32(27)35)28-16-18-37(19-17-28)20-26-21-38(22-26)29-10-12-30(13-11-29)43(40,41)31-14-15-31/h3-4,6-7,10-13,26,28,31,33-34H,5,8-9,14-24H2,1-2H3/t33-,34-,35?/m1/s1. The fourth-order valence-electron chi connectivity index (χ4n) is 9.14. The van der Waals surface area contributed by atoms with Crippen molar-refractivity contribution in [3.05, 3.63) is 59.7 Å². The van der Waals surface area contributed by atoms with Gasteiger partial charge in [0.1, 0.15) is 6.10 Å². The SMILES string of the molecule is CC(=O)O[C@@H]1CCC[C@H]1C1(C2CCN(CC3CN(c4ccc(S(=O)(=O)C5CC5)cc4)C3)CC2)CN(C)Cc2ccccc21. The van der Waals surface area contributed by atoms with E-state index in [0.717, 1.165) is 83.6 Å². The first-order valence-electron chi connectivity index (χ1n) is 16.5. The number of carbonyl (C=O) groups is 1. The number of esters is 1. The van der Waals surface area contributed by atoms with Crippen LogP contribution >= 0.6 is 0 Å². The second-order valence-corrected chi connectivity index (χ2v) is 16.4.